The van der Waals surface area contributed by atoms with Gasteiger partial charge in [-0.15, -0.1) is 10.2 Å². The zero-order valence-corrected chi connectivity index (χ0v) is 16.0. The van der Waals surface area contributed by atoms with Gasteiger partial charge >= 0.3 is 5.97 Å². The number of rotatable bonds is 4. The number of hydrogen-bond acceptors (Lipinski definition) is 5. The summed E-state index contributed by atoms with van der Waals surface area (Å²) in [6.45, 7) is 0.246. The second-order valence-corrected chi connectivity index (χ2v) is 7.11. The maximum atomic E-state index is 12.7. The van der Waals surface area contributed by atoms with Crippen LogP contribution in [-0.2, 0) is 17.7 Å². The van der Waals surface area contributed by atoms with Gasteiger partial charge in [-0.2, -0.15) is 0 Å². The lowest BCUT2D eigenvalue weighted by Gasteiger charge is -2.25. The SMILES string of the molecule is O=C(NCc1nnc2ccccn12)c1ccc2c(c1)C[C@@H](c1ccccc1)OC2=O. The first kappa shape index (κ1) is 18.1. The largest absolute Gasteiger partial charge is 0.454 e. The third-order valence-electron chi connectivity index (χ3n) is 5.20. The zero-order chi connectivity index (χ0) is 20.5. The van der Waals surface area contributed by atoms with Gasteiger partial charge in [-0.05, 0) is 41.5 Å². The predicted molar refractivity (Wildman–Crippen MR) is 109 cm³/mol. The Balaban J connectivity index is 1.34. The Morgan fingerprint density at radius 2 is 1.90 bits per heavy atom. The summed E-state index contributed by atoms with van der Waals surface area (Å²) in [6.07, 6.45) is 2.03. The molecule has 1 atom stereocenters. The zero-order valence-electron chi connectivity index (χ0n) is 16.0. The molecule has 0 saturated heterocycles. The summed E-state index contributed by atoms with van der Waals surface area (Å²) < 4.78 is 7.41. The van der Waals surface area contributed by atoms with Gasteiger partial charge in [-0.25, -0.2) is 4.79 Å². The topological polar surface area (TPSA) is 85.6 Å². The number of nitrogens with one attached hydrogen (secondary N) is 1. The first-order chi connectivity index (χ1) is 14.7. The summed E-state index contributed by atoms with van der Waals surface area (Å²) >= 11 is 0. The molecule has 1 aliphatic rings. The van der Waals surface area contributed by atoms with Crippen molar-refractivity contribution < 1.29 is 14.3 Å². The van der Waals surface area contributed by atoms with Gasteiger partial charge in [0.05, 0.1) is 12.1 Å². The van der Waals surface area contributed by atoms with Crippen LogP contribution >= 0.6 is 0 Å². The third-order valence-corrected chi connectivity index (χ3v) is 5.20. The van der Waals surface area contributed by atoms with Crippen molar-refractivity contribution >= 4 is 17.5 Å². The predicted octanol–water partition coefficient (Wildman–Crippen LogP) is 3.11. The van der Waals surface area contributed by atoms with E-state index >= 15 is 0 Å². The molecule has 2 aromatic carbocycles. The lowest BCUT2D eigenvalue weighted by atomic mass is 9.93. The Labute approximate surface area is 172 Å². The lowest BCUT2D eigenvalue weighted by Crippen LogP contribution is -2.26. The number of fused-ring (bicyclic) bond motifs is 2. The second kappa shape index (κ2) is 7.44. The number of carbonyl (C=O) groups is 2. The van der Waals surface area contributed by atoms with E-state index in [0.717, 1.165) is 16.8 Å². The highest BCUT2D eigenvalue weighted by Crippen LogP contribution is 2.31. The van der Waals surface area contributed by atoms with E-state index in [1.165, 1.54) is 0 Å². The van der Waals surface area contributed by atoms with Crippen LogP contribution in [0.2, 0.25) is 0 Å². The molecule has 1 aliphatic heterocycles. The van der Waals surface area contributed by atoms with Crippen molar-refractivity contribution in [3.63, 3.8) is 0 Å². The molecule has 1 N–H and O–H groups in total. The van der Waals surface area contributed by atoms with Gasteiger partial charge in [-0.3, -0.25) is 9.20 Å². The molecule has 7 heteroatoms. The molecule has 0 spiro atoms. The maximum Gasteiger partial charge on any atom is 0.339 e. The molecule has 0 aliphatic carbocycles. The number of cyclic esters (lactones) is 1. The Hall–Kier alpha value is -4.00. The monoisotopic (exact) mass is 398 g/mol. The molecular weight excluding hydrogens is 380 g/mol. The molecule has 0 bridgehead atoms. The van der Waals surface area contributed by atoms with E-state index in [1.54, 1.807) is 18.2 Å². The van der Waals surface area contributed by atoms with Crippen LogP contribution in [0.1, 0.15) is 43.8 Å². The van der Waals surface area contributed by atoms with Crippen molar-refractivity contribution in [3.8, 4) is 0 Å². The first-order valence-electron chi connectivity index (χ1n) is 9.65. The number of esters is 1. The summed E-state index contributed by atoms with van der Waals surface area (Å²) in [4.78, 5) is 25.1. The van der Waals surface area contributed by atoms with Gasteiger partial charge in [0.25, 0.3) is 5.91 Å². The number of nitrogens with zero attached hydrogens (tertiary/aromatic N) is 3. The van der Waals surface area contributed by atoms with Gasteiger partial charge in [0.2, 0.25) is 0 Å². The highest BCUT2D eigenvalue weighted by Gasteiger charge is 2.28. The van der Waals surface area contributed by atoms with Gasteiger partial charge < -0.3 is 10.1 Å². The Morgan fingerprint density at radius 3 is 2.77 bits per heavy atom. The van der Waals surface area contributed by atoms with E-state index in [1.807, 2.05) is 59.1 Å². The number of carbonyl (C=O) groups excluding carboxylic acids is 2. The van der Waals surface area contributed by atoms with E-state index in [2.05, 4.69) is 15.5 Å². The van der Waals surface area contributed by atoms with Crippen molar-refractivity contribution in [3.05, 3.63) is 101 Å². The van der Waals surface area contributed by atoms with Crippen molar-refractivity contribution in [2.45, 2.75) is 19.1 Å². The van der Waals surface area contributed by atoms with Crippen LogP contribution in [0.3, 0.4) is 0 Å². The van der Waals surface area contributed by atoms with Crippen LogP contribution in [0.4, 0.5) is 0 Å². The van der Waals surface area contributed by atoms with Crippen LogP contribution in [0, 0.1) is 0 Å². The van der Waals surface area contributed by atoms with E-state index in [0.29, 0.717) is 23.4 Å². The molecule has 30 heavy (non-hydrogen) atoms. The summed E-state index contributed by atoms with van der Waals surface area (Å²) in [7, 11) is 0. The molecule has 5 rings (SSSR count). The minimum Gasteiger partial charge on any atom is -0.454 e. The van der Waals surface area contributed by atoms with Crippen molar-refractivity contribution in [1.82, 2.24) is 19.9 Å². The van der Waals surface area contributed by atoms with Crippen LogP contribution in [0.15, 0.2) is 72.9 Å². The normalized spacial score (nSPS) is 15.5. The number of aromatic nitrogens is 3. The van der Waals surface area contributed by atoms with Crippen molar-refractivity contribution in [2.75, 3.05) is 0 Å². The van der Waals surface area contributed by atoms with Gasteiger partial charge in [0, 0.05) is 18.2 Å². The Morgan fingerprint density at radius 1 is 1.07 bits per heavy atom. The second-order valence-electron chi connectivity index (χ2n) is 7.11. The summed E-state index contributed by atoms with van der Waals surface area (Å²) in [5, 5.41) is 11.1. The first-order valence-corrected chi connectivity index (χ1v) is 9.65. The van der Waals surface area contributed by atoms with Gasteiger partial charge in [0.1, 0.15) is 6.10 Å². The van der Waals surface area contributed by atoms with E-state index in [4.69, 9.17) is 4.74 Å². The van der Waals surface area contributed by atoms with Crippen LogP contribution in [0.5, 0.6) is 0 Å². The van der Waals surface area contributed by atoms with E-state index in [9.17, 15) is 9.59 Å². The molecule has 4 aromatic rings. The Kier molecular flexibility index (Phi) is 4.48. The fraction of sp³-hybridized carbons (Fsp3) is 0.130. The fourth-order valence-corrected chi connectivity index (χ4v) is 3.66. The molecule has 7 nitrogen and oxygen atoms in total. The van der Waals surface area contributed by atoms with Crippen LogP contribution in [-0.4, -0.2) is 26.5 Å². The molecule has 2 aromatic heterocycles. The Bertz CT molecular complexity index is 1250. The molecule has 0 saturated carbocycles. The van der Waals surface area contributed by atoms with Crippen molar-refractivity contribution in [2.24, 2.45) is 0 Å². The smallest absolute Gasteiger partial charge is 0.339 e. The standard InChI is InChI=1S/C23H18N4O3/c28-22(24-14-21-26-25-20-8-4-5-11-27(20)21)16-9-10-18-17(12-16)13-19(30-23(18)29)15-6-2-1-3-7-15/h1-12,19H,13-14H2,(H,24,28)/t19-/m0/s1. The number of pyridine rings is 1. The van der Waals surface area contributed by atoms with Crippen LogP contribution in [0.25, 0.3) is 5.65 Å². The average molecular weight is 398 g/mol. The summed E-state index contributed by atoms with van der Waals surface area (Å²) in [5.74, 6) is 0.0392. The summed E-state index contributed by atoms with van der Waals surface area (Å²) in [6, 6.07) is 20.3. The minimum absolute atomic E-state index is 0.235. The van der Waals surface area contributed by atoms with E-state index in [-0.39, 0.29) is 24.5 Å². The molecule has 0 fully saturated rings. The van der Waals surface area contributed by atoms with E-state index < -0.39 is 0 Å². The number of ether oxygens (including phenoxy) is 1. The number of hydrogen-bond donors (Lipinski definition) is 1. The minimum atomic E-state index is -0.369. The van der Waals surface area contributed by atoms with Gasteiger partial charge in [0.15, 0.2) is 11.5 Å². The molecule has 0 radical (unpaired) electrons. The van der Waals surface area contributed by atoms with Crippen molar-refractivity contribution in [1.29, 1.82) is 0 Å². The molecule has 148 valence electrons. The quantitative estimate of drug-likeness (QED) is 0.534. The molecular formula is C23H18N4O3. The highest BCUT2D eigenvalue weighted by atomic mass is 16.5. The average Bonchev–Trinajstić information content (AvgIpc) is 3.21. The lowest BCUT2D eigenvalue weighted by molar-refractivity contribution is 0.0252. The maximum absolute atomic E-state index is 12.7. The molecule has 0 unspecified atom stereocenters. The number of amides is 1. The highest BCUT2D eigenvalue weighted by molar-refractivity contribution is 5.97. The molecule has 3 heterocycles. The van der Waals surface area contributed by atoms with Crippen LogP contribution < -0.4 is 5.32 Å². The number of benzene rings is 2. The molecule has 1 amide bonds. The summed E-state index contributed by atoms with van der Waals surface area (Å²) in [5.41, 5.74) is 3.46. The fourth-order valence-electron chi connectivity index (χ4n) is 3.66. The van der Waals surface area contributed by atoms with Gasteiger partial charge in [-0.1, -0.05) is 36.4 Å². The third kappa shape index (κ3) is 3.30.